The second kappa shape index (κ2) is 8.43. The van der Waals surface area contributed by atoms with Crippen LogP contribution < -0.4 is 10.1 Å². The molecule has 1 aromatic carbocycles. The number of ether oxygens (including phenoxy) is 1. The fraction of sp³-hybridized carbons (Fsp3) is 0.684. The number of nitrogens with one attached hydrogen (secondary N) is 1. The third kappa shape index (κ3) is 4.47. The van der Waals surface area contributed by atoms with Crippen LogP contribution in [0.1, 0.15) is 70.0 Å². The smallest absolute Gasteiger partial charge is 0.122 e. The summed E-state index contributed by atoms with van der Waals surface area (Å²) in [4.78, 5) is 0. The summed E-state index contributed by atoms with van der Waals surface area (Å²) in [6.07, 6.45) is 7.63. The number of rotatable bonds is 9. The van der Waals surface area contributed by atoms with Gasteiger partial charge in [0.05, 0.1) is 6.61 Å². The second-order valence-electron chi connectivity index (χ2n) is 6.23. The van der Waals surface area contributed by atoms with Crippen LogP contribution in [0.25, 0.3) is 0 Å². The van der Waals surface area contributed by atoms with E-state index in [-0.39, 0.29) is 0 Å². The largest absolute Gasteiger partial charge is 0.493 e. The van der Waals surface area contributed by atoms with Crippen LogP contribution in [-0.4, -0.2) is 13.2 Å². The molecule has 0 amide bonds. The highest BCUT2D eigenvalue weighted by molar-refractivity contribution is 5.40. The summed E-state index contributed by atoms with van der Waals surface area (Å²) in [5, 5.41) is 3.69. The van der Waals surface area contributed by atoms with Crippen LogP contribution >= 0.6 is 0 Å². The molecule has 0 aromatic heterocycles. The zero-order valence-corrected chi connectivity index (χ0v) is 14.0. The monoisotopic (exact) mass is 289 g/mol. The maximum absolute atomic E-state index is 5.63. The van der Waals surface area contributed by atoms with Crippen molar-refractivity contribution in [2.24, 2.45) is 5.92 Å². The summed E-state index contributed by atoms with van der Waals surface area (Å²) in [7, 11) is 0. The van der Waals surface area contributed by atoms with Gasteiger partial charge in [0.2, 0.25) is 0 Å². The number of benzene rings is 1. The minimum atomic E-state index is 0.489. The molecular formula is C19H31NO. The van der Waals surface area contributed by atoms with Crippen LogP contribution in [0, 0.1) is 5.92 Å². The molecule has 1 heterocycles. The highest BCUT2D eigenvalue weighted by Crippen LogP contribution is 2.32. The van der Waals surface area contributed by atoms with Gasteiger partial charge in [0, 0.05) is 12.5 Å². The molecule has 118 valence electrons. The van der Waals surface area contributed by atoms with Gasteiger partial charge in [-0.1, -0.05) is 58.6 Å². The van der Waals surface area contributed by atoms with E-state index in [1.807, 2.05) is 0 Å². The van der Waals surface area contributed by atoms with Gasteiger partial charge in [0.25, 0.3) is 0 Å². The third-order valence-corrected chi connectivity index (χ3v) is 4.68. The van der Waals surface area contributed by atoms with Crippen molar-refractivity contribution in [2.75, 3.05) is 13.2 Å². The summed E-state index contributed by atoms with van der Waals surface area (Å²) in [6, 6.07) is 7.27. The lowest BCUT2D eigenvalue weighted by atomic mass is 9.88. The normalized spacial score (nSPS) is 16.3. The van der Waals surface area contributed by atoms with Gasteiger partial charge in [-0.05, 0) is 36.1 Å². The Labute approximate surface area is 130 Å². The van der Waals surface area contributed by atoms with Gasteiger partial charge in [-0.25, -0.2) is 0 Å². The first-order valence-corrected chi connectivity index (χ1v) is 8.77. The van der Waals surface area contributed by atoms with E-state index in [1.54, 1.807) is 0 Å². The standard InChI is InChI=1S/C19H31NO/c1-4-7-8-15(5-2)13-18(20-6-3)16-9-10-19-17(14-16)11-12-21-19/h9-10,14-15,18,20H,4-8,11-13H2,1-3H3. The first-order chi connectivity index (χ1) is 10.3. The predicted molar refractivity (Wildman–Crippen MR) is 90.0 cm³/mol. The minimum Gasteiger partial charge on any atom is -0.493 e. The Morgan fingerprint density at radius 3 is 2.81 bits per heavy atom. The van der Waals surface area contributed by atoms with Gasteiger partial charge in [0.15, 0.2) is 0 Å². The SMILES string of the molecule is CCCCC(CC)CC(NCC)c1ccc2c(c1)CCO2. The Kier molecular flexibility index (Phi) is 6.56. The zero-order valence-electron chi connectivity index (χ0n) is 14.0. The van der Waals surface area contributed by atoms with Gasteiger partial charge in [-0.3, -0.25) is 0 Å². The molecule has 2 atom stereocenters. The number of fused-ring (bicyclic) bond motifs is 1. The van der Waals surface area contributed by atoms with Crippen molar-refractivity contribution in [1.82, 2.24) is 5.32 Å². The van der Waals surface area contributed by atoms with E-state index in [4.69, 9.17) is 4.74 Å². The van der Waals surface area contributed by atoms with Crippen molar-refractivity contribution in [1.29, 1.82) is 0 Å². The molecule has 0 bridgehead atoms. The molecule has 2 unspecified atom stereocenters. The lowest BCUT2D eigenvalue weighted by molar-refractivity contribution is 0.354. The van der Waals surface area contributed by atoms with E-state index >= 15 is 0 Å². The quantitative estimate of drug-likeness (QED) is 0.699. The summed E-state index contributed by atoms with van der Waals surface area (Å²) in [5.41, 5.74) is 2.83. The van der Waals surface area contributed by atoms with Crippen molar-refractivity contribution < 1.29 is 4.74 Å². The first-order valence-electron chi connectivity index (χ1n) is 8.77. The molecule has 0 saturated heterocycles. The van der Waals surface area contributed by atoms with Gasteiger partial charge in [-0.2, -0.15) is 0 Å². The molecule has 0 aliphatic carbocycles. The van der Waals surface area contributed by atoms with Crippen LogP contribution in [0.3, 0.4) is 0 Å². The lowest BCUT2D eigenvalue weighted by Gasteiger charge is -2.24. The number of hydrogen-bond acceptors (Lipinski definition) is 2. The van der Waals surface area contributed by atoms with E-state index in [0.29, 0.717) is 6.04 Å². The topological polar surface area (TPSA) is 21.3 Å². The average molecular weight is 289 g/mol. The van der Waals surface area contributed by atoms with Crippen LogP contribution in [-0.2, 0) is 6.42 Å². The molecule has 2 heteroatoms. The summed E-state index contributed by atoms with van der Waals surface area (Å²) in [6.45, 7) is 8.70. The summed E-state index contributed by atoms with van der Waals surface area (Å²) in [5.74, 6) is 1.92. The van der Waals surface area contributed by atoms with Crippen molar-refractivity contribution >= 4 is 0 Å². The fourth-order valence-corrected chi connectivity index (χ4v) is 3.32. The molecule has 0 radical (unpaired) electrons. The average Bonchev–Trinajstić information content (AvgIpc) is 2.97. The number of hydrogen-bond donors (Lipinski definition) is 1. The minimum absolute atomic E-state index is 0.489. The van der Waals surface area contributed by atoms with Crippen LogP contribution in [0.5, 0.6) is 5.75 Å². The van der Waals surface area contributed by atoms with Crippen molar-refractivity contribution in [3.05, 3.63) is 29.3 Å². The molecule has 2 rings (SSSR count). The van der Waals surface area contributed by atoms with E-state index in [0.717, 1.165) is 31.2 Å². The first kappa shape index (κ1) is 16.4. The van der Waals surface area contributed by atoms with Crippen LogP contribution in [0.4, 0.5) is 0 Å². The maximum atomic E-state index is 5.63. The van der Waals surface area contributed by atoms with Crippen molar-refractivity contribution in [3.63, 3.8) is 0 Å². The Morgan fingerprint density at radius 2 is 2.10 bits per heavy atom. The third-order valence-electron chi connectivity index (χ3n) is 4.68. The molecule has 0 saturated carbocycles. The molecule has 1 aliphatic rings. The highest BCUT2D eigenvalue weighted by Gasteiger charge is 2.19. The molecule has 1 N–H and O–H groups in total. The fourth-order valence-electron chi connectivity index (χ4n) is 3.32. The maximum Gasteiger partial charge on any atom is 0.122 e. The molecule has 0 fully saturated rings. The highest BCUT2D eigenvalue weighted by atomic mass is 16.5. The second-order valence-corrected chi connectivity index (χ2v) is 6.23. The van der Waals surface area contributed by atoms with Gasteiger partial charge in [0.1, 0.15) is 5.75 Å². The zero-order chi connectivity index (χ0) is 15.1. The van der Waals surface area contributed by atoms with Crippen molar-refractivity contribution in [2.45, 2.75) is 65.3 Å². The molecule has 2 nitrogen and oxygen atoms in total. The molecule has 1 aliphatic heterocycles. The predicted octanol–water partition coefficient (Wildman–Crippen LogP) is 4.88. The summed E-state index contributed by atoms with van der Waals surface area (Å²) >= 11 is 0. The van der Waals surface area contributed by atoms with Crippen LogP contribution in [0.15, 0.2) is 18.2 Å². The Bertz CT molecular complexity index is 430. The van der Waals surface area contributed by atoms with E-state index in [2.05, 4.69) is 44.3 Å². The summed E-state index contributed by atoms with van der Waals surface area (Å²) < 4.78 is 5.63. The van der Waals surface area contributed by atoms with Gasteiger partial charge < -0.3 is 10.1 Å². The van der Waals surface area contributed by atoms with Gasteiger partial charge in [-0.15, -0.1) is 0 Å². The Hall–Kier alpha value is -1.02. The molecule has 21 heavy (non-hydrogen) atoms. The van der Waals surface area contributed by atoms with E-state index in [1.165, 1.54) is 43.2 Å². The van der Waals surface area contributed by atoms with Crippen LogP contribution in [0.2, 0.25) is 0 Å². The van der Waals surface area contributed by atoms with E-state index < -0.39 is 0 Å². The molecular weight excluding hydrogens is 258 g/mol. The van der Waals surface area contributed by atoms with Crippen molar-refractivity contribution in [3.8, 4) is 5.75 Å². The number of unbranched alkanes of at least 4 members (excludes halogenated alkanes) is 1. The molecule has 0 spiro atoms. The van der Waals surface area contributed by atoms with Gasteiger partial charge >= 0.3 is 0 Å². The molecule has 1 aromatic rings. The Morgan fingerprint density at radius 1 is 1.24 bits per heavy atom. The Balaban J connectivity index is 2.06. The van der Waals surface area contributed by atoms with E-state index in [9.17, 15) is 0 Å². The lowest BCUT2D eigenvalue weighted by Crippen LogP contribution is -2.23.